The van der Waals surface area contributed by atoms with Crippen LogP contribution in [0.25, 0.3) is 22.5 Å². The summed E-state index contributed by atoms with van der Waals surface area (Å²) in [6.07, 6.45) is 0. The molecule has 11 nitrogen and oxygen atoms in total. The first-order chi connectivity index (χ1) is 18.6. The first-order valence-electron chi connectivity index (χ1n) is 11.9. The molecule has 1 heterocycles. The largest absolute Gasteiger partial charge is 0.493 e. The lowest BCUT2D eigenvalue weighted by atomic mass is 10.0. The van der Waals surface area contributed by atoms with Crippen molar-refractivity contribution in [3.8, 4) is 57.0 Å². The third-order valence-corrected chi connectivity index (χ3v) is 6.23. The van der Waals surface area contributed by atoms with E-state index < -0.39 is 0 Å². The summed E-state index contributed by atoms with van der Waals surface area (Å²) in [4.78, 5) is 17.2. The Morgan fingerprint density at radius 3 is 1.54 bits per heavy atom. The topological polar surface area (TPSA) is 123 Å². The zero-order valence-electron chi connectivity index (χ0n) is 23.6. The monoisotopic (exact) mass is 558 g/mol. The van der Waals surface area contributed by atoms with E-state index in [0.29, 0.717) is 62.2 Å². The summed E-state index contributed by atoms with van der Waals surface area (Å²) in [5.41, 5.74) is 1.80. The van der Waals surface area contributed by atoms with Gasteiger partial charge in [0.2, 0.25) is 22.6 Å². The lowest BCUT2D eigenvalue weighted by molar-refractivity contribution is -0.119. The van der Waals surface area contributed by atoms with Crippen molar-refractivity contribution in [2.24, 2.45) is 0 Å². The molecule has 1 aromatic heterocycles. The number of hydrogen-bond acceptors (Lipinski definition) is 11. The Kier molecular flexibility index (Phi) is 9.68. The molecular formula is C27H34N4O7S. The van der Waals surface area contributed by atoms with Crippen LogP contribution in [0.15, 0.2) is 29.4 Å². The summed E-state index contributed by atoms with van der Waals surface area (Å²) in [5, 5.41) is 12.1. The van der Waals surface area contributed by atoms with Crippen molar-refractivity contribution in [3.63, 3.8) is 0 Å². The number of carbonyl (C=O) groups excluding carboxylic acids is 1. The molecule has 0 aliphatic carbocycles. The number of amides is 1. The maximum absolute atomic E-state index is 12.4. The minimum absolute atomic E-state index is 0.122. The zero-order valence-corrected chi connectivity index (χ0v) is 24.4. The van der Waals surface area contributed by atoms with E-state index in [2.05, 4.69) is 15.5 Å². The van der Waals surface area contributed by atoms with Crippen LogP contribution >= 0.6 is 11.8 Å². The fourth-order valence-corrected chi connectivity index (χ4v) is 4.37. The second kappa shape index (κ2) is 12.7. The summed E-state index contributed by atoms with van der Waals surface area (Å²) in [7, 11) is 9.21. The molecule has 0 radical (unpaired) electrons. The summed E-state index contributed by atoms with van der Waals surface area (Å²) in [6, 6.07) is 7.07. The molecule has 3 rings (SSSR count). The van der Waals surface area contributed by atoms with Gasteiger partial charge >= 0.3 is 0 Å². The molecule has 12 heteroatoms. The highest BCUT2D eigenvalue weighted by molar-refractivity contribution is 7.99. The summed E-state index contributed by atoms with van der Waals surface area (Å²) < 4.78 is 33.2. The molecule has 0 fully saturated rings. The van der Waals surface area contributed by atoms with Crippen molar-refractivity contribution < 1.29 is 33.2 Å². The minimum atomic E-state index is -0.353. The van der Waals surface area contributed by atoms with Gasteiger partial charge in [-0.25, -0.2) is 4.98 Å². The van der Waals surface area contributed by atoms with Crippen LogP contribution in [0.3, 0.4) is 0 Å². The van der Waals surface area contributed by atoms with E-state index in [-0.39, 0.29) is 17.2 Å². The van der Waals surface area contributed by atoms with Gasteiger partial charge in [0, 0.05) is 16.7 Å². The fraction of sp³-hybridized carbons (Fsp3) is 0.407. The van der Waals surface area contributed by atoms with Gasteiger partial charge < -0.3 is 33.7 Å². The van der Waals surface area contributed by atoms with Gasteiger partial charge in [0.1, 0.15) is 11.4 Å². The fourth-order valence-electron chi connectivity index (χ4n) is 3.79. The lowest BCUT2D eigenvalue weighted by Crippen LogP contribution is -2.41. The first kappa shape index (κ1) is 29.6. The molecular weight excluding hydrogens is 524 g/mol. The van der Waals surface area contributed by atoms with Crippen LogP contribution < -0.4 is 33.7 Å². The van der Waals surface area contributed by atoms with Crippen LogP contribution in [0.4, 0.5) is 0 Å². The Morgan fingerprint density at radius 1 is 0.718 bits per heavy atom. The molecule has 39 heavy (non-hydrogen) atoms. The molecule has 0 saturated carbocycles. The summed E-state index contributed by atoms with van der Waals surface area (Å²) in [5.74, 6) is 2.64. The number of hydrogen-bond donors (Lipinski definition) is 1. The van der Waals surface area contributed by atoms with Gasteiger partial charge in [-0.2, -0.15) is 0 Å². The normalized spacial score (nSPS) is 11.0. The second-order valence-corrected chi connectivity index (χ2v) is 10.1. The molecule has 1 N–H and O–H groups in total. The van der Waals surface area contributed by atoms with Crippen molar-refractivity contribution in [2.75, 3.05) is 48.4 Å². The Labute approximate surface area is 232 Å². The number of nitrogens with zero attached hydrogens (tertiary/aromatic N) is 3. The molecule has 0 spiro atoms. The van der Waals surface area contributed by atoms with E-state index in [1.807, 2.05) is 20.8 Å². The molecule has 1 amide bonds. The first-order valence-corrected chi connectivity index (χ1v) is 12.9. The minimum Gasteiger partial charge on any atom is -0.493 e. The van der Waals surface area contributed by atoms with Gasteiger partial charge in [-0.05, 0) is 45.0 Å². The maximum Gasteiger partial charge on any atom is 0.230 e. The average molecular weight is 559 g/mol. The second-order valence-electron chi connectivity index (χ2n) is 9.21. The quantitative estimate of drug-likeness (QED) is 0.340. The number of ether oxygens (including phenoxy) is 6. The molecule has 3 aromatic rings. The number of benzene rings is 2. The van der Waals surface area contributed by atoms with Crippen molar-refractivity contribution in [1.29, 1.82) is 0 Å². The molecule has 210 valence electrons. The molecule has 0 unspecified atom stereocenters. The van der Waals surface area contributed by atoms with Gasteiger partial charge in [-0.3, -0.25) is 4.79 Å². The highest BCUT2D eigenvalue weighted by Crippen LogP contribution is 2.45. The Hall–Kier alpha value is -3.93. The zero-order chi connectivity index (χ0) is 28.7. The van der Waals surface area contributed by atoms with Crippen LogP contribution in [-0.2, 0) is 4.79 Å². The van der Waals surface area contributed by atoms with Gasteiger partial charge in [0.25, 0.3) is 0 Å². The predicted molar refractivity (Wildman–Crippen MR) is 149 cm³/mol. The molecule has 0 bridgehead atoms. The lowest BCUT2D eigenvalue weighted by Gasteiger charge is -2.20. The highest BCUT2D eigenvalue weighted by atomic mass is 32.2. The van der Waals surface area contributed by atoms with Crippen molar-refractivity contribution >= 4 is 17.7 Å². The van der Waals surface area contributed by atoms with Crippen molar-refractivity contribution in [1.82, 2.24) is 20.5 Å². The molecule has 2 aromatic carbocycles. The van der Waals surface area contributed by atoms with E-state index in [0.717, 1.165) is 0 Å². The molecule has 0 saturated heterocycles. The summed E-state index contributed by atoms with van der Waals surface area (Å²) >= 11 is 1.18. The summed E-state index contributed by atoms with van der Waals surface area (Å²) in [6.45, 7) is 5.76. The van der Waals surface area contributed by atoms with Gasteiger partial charge in [0.05, 0.1) is 48.4 Å². The number of nitrogens with one attached hydrogen (secondary N) is 1. The number of carbonyl (C=O) groups is 1. The number of methoxy groups -OCH3 is 6. The van der Waals surface area contributed by atoms with Crippen LogP contribution in [0, 0.1) is 0 Å². The van der Waals surface area contributed by atoms with Gasteiger partial charge in [-0.1, -0.05) is 11.8 Å². The van der Waals surface area contributed by atoms with Crippen molar-refractivity contribution in [2.45, 2.75) is 31.5 Å². The van der Waals surface area contributed by atoms with Crippen LogP contribution in [-0.4, -0.2) is 75.0 Å². The number of thioether (sulfide) groups is 1. The SMILES string of the molecule is COc1cc(-c2nnc(SCC(=O)NC(C)(C)C)nc2-c2cc(OC)c(OC)c(OC)c2)cc(OC)c1OC. The highest BCUT2D eigenvalue weighted by Gasteiger charge is 2.23. The third kappa shape index (κ3) is 6.94. The maximum atomic E-state index is 12.4. The van der Waals surface area contributed by atoms with Crippen LogP contribution in [0.5, 0.6) is 34.5 Å². The average Bonchev–Trinajstić information content (AvgIpc) is 2.93. The van der Waals surface area contributed by atoms with Gasteiger partial charge in [0.15, 0.2) is 23.0 Å². The molecule has 0 aliphatic heterocycles. The molecule has 0 atom stereocenters. The van der Waals surface area contributed by atoms with Crippen LogP contribution in [0.1, 0.15) is 20.8 Å². The van der Waals surface area contributed by atoms with E-state index >= 15 is 0 Å². The molecule has 0 aliphatic rings. The van der Waals surface area contributed by atoms with E-state index in [4.69, 9.17) is 33.4 Å². The van der Waals surface area contributed by atoms with E-state index in [9.17, 15) is 4.79 Å². The standard InChI is InChI=1S/C27H34N4O7S/c1-27(2,3)29-21(32)14-39-26-28-22(15-10-17(33-4)24(37-8)18(11-15)34-5)23(30-31-26)16-12-19(35-6)25(38-9)20(13-16)36-7/h10-13H,14H2,1-9H3,(H,29,32). The Bertz CT molecular complexity index is 1280. The predicted octanol–water partition coefficient (Wildman–Crippen LogP) is 4.26. The third-order valence-electron chi connectivity index (χ3n) is 5.39. The van der Waals surface area contributed by atoms with E-state index in [1.54, 1.807) is 24.3 Å². The van der Waals surface area contributed by atoms with Crippen LogP contribution in [0.2, 0.25) is 0 Å². The van der Waals surface area contributed by atoms with E-state index in [1.165, 1.54) is 54.4 Å². The number of aromatic nitrogens is 3. The van der Waals surface area contributed by atoms with Crippen molar-refractivity contribution in [3.05, 3.63) is 24.3 Å². The van der Waals surface area contributed by atoms with Gasteiger partial charge in [-0.15, -0.1) is 10.2 Å². The number of rotatable bonds is 11. The Morgan fingerprint density at radius 2 is 1.15 bits per heavy atom. The Balaban J connectivity index is 2.20. The smallest absolute Gasteiger partial charge is 0.230 e.